The topological polar surface area (TPSA) is 17.1 Å². The van der Waals surface area contributed by atoms with Crippen molar-refractivity contribution in [1.29, 1.82) is 0 Å². The van der Waals surface area contributed by atoms with Gasteiger partial charge in [0, 0.05) is 6.42 Å². The van der Waals surface area contributed by atoms with Crippen LogP contribution in [0.3, 0.4) is 0 Å². The van der Waals surface area contributed by atoms with Gasteiger partial charge in [0.2, 0.25) is 0 Å². The Balaban J connectivity index is 1.72. The summed E-state index contributed by atoms with van der Waals surface area (Å²) in [5, 5.41) is 0.565. The molecule has 4 bridgehead atoms. The van der Waals surface area contributed by atoms with Crippen molar-refractivity contribution in [3.63, 3.8) is 0 Å². The highest BCUT2D eigenvalue weighted by Crippen LogP contribution is 2.57. The molecule has 15 heavy (non-hydrogen) atoms. The third-order valence-corrected chi connectivity index (χ3v) is 5.66. The van der Waals surface area contributed by atoms with Crippen LogP contribution in [-0.2, 0) is 4.79 Å². The summed E-state index contributed by atoms with van der Waals surface area (Å²) in [7, 11) is 0. The Morgan fingerprint density at radius 1 is 1.00 bits per heavy atom. The number of halogens is 1. The van der Waals surface area contributed by atoms with E-state index in [9.17, 15) is 4.79 Å². The van der Waals surface area contributed by atoms with Crippen molar-refractivity contribution in [2.75, 3.05) is 5.33 Å². The Labute approximate surface area is 100 Å². The lowest BCUT2D eigenvalue weighted by Crippen LogP contribution is -2.45. The molecule has 0 heterocycles. The molecule has 0 amide bonds. The maximum Gasteiger partial charge on any atom is 0.143 e. The van der Waals surface area contributed by atoms with Crippen molar-refractivity contribution in [2.45, 2.75) is 38.5 Å². The molecule has 2 heteroatoms. The minimum atomic E-state index is 0.424. The van der Waals surface area contributed by atoms with Crippen molar-refractivity contribution in [1.82, 2.24) is 0 Å². The average molecular weight is 271 g/mol. The highest BCUT2D eigenvalue weighted by molar-refractivity contribution is 9.09. The van der Waals surface area contributed by atoms with Crippen molar-refractivity contribution in [3.8, 4) is 0 Å². The van der Waals surface area contributed by atoms with Gasteiger partial charge in [-0.1, -0.05) is 15.9 Å². The SMILES string of the molecule is O=C(CBr)CC1C2CC3CC(C2)CC1C3. The van der Waals surface area contributed by atoms with Crippen LogP contribution in [0.1, 0.15) is 38.5 Å². The van der Waals surface area contributed by atoms with Gasteiger partial charge >= 0.3 is 0 Å². The van der Waals surface area contributed by atoms with Crippen molar-refractivity contribution < 1.29 is 4.79 Å². The van der Waals surface area contributed by atoms with Gasteiger partial charge < -0.3 is 0 Å². The van der Waals surface area contributed by atoms with Crippen molar-refractivity contribution in [2.24, 2.45) is 29.6 Å². The predicted octanol–water partition coefficient (Wildman–Crippen LogP) is 3.41. The van der Waals surface area contributed by atoms with E-state index in [0.29, 0.717) is 11.1 Å². The van der Waals surface area contributed by atoms with Gasteiger partial charge in [0.1, 0.15) is 5.78 Å². The van der Waals surface area contributed by atoms with E-state index in [0.717, 1.165) is 36.0 Å². The Morgan fingerprint density at radius 2 is 1.53 bits per heavy atom. The van der Waals surface area contributed by atoms with Gasteiger partial charge in [-0.2, -0.15) is 0 Å². The lowest BCUT2D eigenvalue weighted by molar-refractivity contribution is -0.121. The van der Waals surface area contributed by atoms with E-state index in [1.54, 1.807) is 0 Å². The molecule has 0 aliphatic heterocycles. The van der Waals surface area contributed by atoms with E-state index in [-0.39, 0.29) is 0 Å². The molecular weight excluding hydrogens is 252 g/mol. The van der Waals surface area contributed by atoms with Crippen molar-refractivity contribution >= 4 is 21.7 Å². The summed E-state index contributed by atoms with van der Waals surface area (Å²) in [6.45, 7) is 0. The Morgan fingerprint density at radius 3 is 2.00 bits per heavy atom. The molecule has 0 aromatic carbocycles. The molecule has 0 saturated heterocycles. The summed E-state index contributed by atoms with van der Waals surface area (Å²) in [4.78, 5) is 11.6. The highest BCUT2D eigenvalue weighted by Gasteiger charge is 2.48. The molecule has 0 unspecified atom stereocenters. The zero-order valence-electron chi connectivity index (χ0n) is 9.12. The van der Waals surface area contributed by atoms with Gasteiger partial charge in [0.25, 0.3) is 0 Å². The predicted molar refractivity (Wildman–Crippen MR) is 64.0 cm³/mol. The molecule has 4 aliphatic carbocycles. The van der Waals surface area contributed by atoms with Gasteiger partial charge in [-0.05, 0) is 61.7 Å². The molecule has 1 nitrogen and oxygen atoms in total. The molecule has 4 aliphatic rings. The van der Waals surface area contributed by atoms with Crippen LogP contribution >= 0.6 is 15.9 Å². The molecule has 4 rings (SSSR count). The number of ketones is 1. The highest BCUT2D eigenvalue weighted by atomic mass is 79.9. The third kappa shape index (κ3) is 1.79. The first kappa shape index (κ1) is 10.3. The monoisotopic (exact) mass is 270 g/mol. The Kier molecular flexibility index (Phi) is 2.66. The third-order valence-electron chi connectivity index (χ3n) is 5.03. The van der Waals surface area contributed by atoms with Gasteiger partial charge in [-0.3, -0.25) is 4.79 Å². The molecule has 0 N–H and O–H groups in total. The fourth-order valence-electron chi connectivity index (χ4n) is 4.69. The standard InChI is InChI=1S/C13H19BrO/c14-7-12(15)6-13-10-2-8-1-9(4-10)5-11(13)3-8/h8-11,13H,1-7H2. The van der Waals surface area contributed by atoms with Crippen LogP contribution < -0.4 is 0 Å². The normalized spacial score (nSPS) is 47.1. The second kappa shape index (κ2) is 3.87. The number of rotatable bonds is 3. The zero-order valence-corrected chi connectivity index (χ0v) is 10.7. The number of hydrogen-bond donors (Lipinski definition) is 0. The van der Waals surface area contributed by atoms with Crippen LogP contribution in [-0.4, -0.2) is 11.1 Å². The molecule has 0 atom stereocenters. The van der Waals surface area contributed by atoms with E-state index >= 15 is 0 Å². The molecule has 0 spiro atoms. The number of carbonyl (C=O) groups is 1. The van der Waals surface area contributed by atoms with E-state index in [4.69, 9.17) is 0 Å². The maximum absolute atomic E-state index is 11.6. The Hall–Kier alpha value is 0.150. The summed E-state index contributed by atoms with van der Waals surface area (Å²) in [6.07, 6.45) is 8.12. The number of alkyl halides is 1. The number of hydrogen-bond acceptors (Lipinski definition) is 1. The van der Waals surface area contributed by atoms with Crippen LogP contribution in [0.4, 0.5) is 0 Å². The summed E-state index contributed by atoms with van der Waals surface area (Å²) in [5.41, 5.74) is 0. The van der Waals surface area contributed by atoms with Crippen LogP contribution in [0.2, 0.25) is 0 Å². The van der Waals surface area contributed by atoms with Crippen LogP contribution in [0.15, 0.2) is 0 Å². The van der Waals surface area contributed by atoms with E-state index in [1.165, 1.54) is 32.1 Å². The maximum atomic E-state index is 11.6. The summed E-state index contributed by atoms with van der Waals surface area (Å²) >= 11 is 3.29. The first-order chi connectivity index (χ1) is 7.26. The van der Waals surface area contributed by atoms with Gasteiger partial charge in [-0.25, -0.2) is 0 Å². The Bertz CT molecular complexity index is 246. The van der Waals surface area contributed by atoms with Gasteiger partial charge in [-0.15, -0.1) is 0 Å². The minimum Gasteiger partial charge on any atom is -0.299 e. The summed E-state index contributed by atoms with van der Waals surface area (Å²) in [6, 6.07) is 0. The second-order valence-electron chi connectivity index (χ2n) is 5.97. The van der Waals surface area contributed by atoms with E-state index in [1.807, 2.05) is 0 Å². The van der Waals surface area contributed by atoms with E-state index in [2.05, 4.69) is 15.9 Å². The smallest absolute Gasteiger partial charge is 0.143 e. The number of carbonyl (C=O) groups excluding carboxylic acids is 1. The van der Waals surface area contributed by atoms with Crippen LogP contribution in [0.25, 0.3) is 0 Å². The first-order valence-corrected chi connectivity index (χ1v) is 7.46. The molecule has 0 aromatic heterocycles. The molecule has 4 saturated carbocycles. The van der Waals surface area contributed by atoms with Gasteiger partial charge in [0.05, 0.1) is 5.33 Å². The number of Topliss-reactive ketones (excluding diaryl/α,β-unsaturated/α-hetero) is 1. The molecular formula is C13H19BrO. The minimum absolute atomic E-state index is 0.424. The fraction of sp³-hybridized carbons (Fsp3) is 0.923. The van der Waals surface area contributed by atoms with Crippen LogP contribution in [0, 0.1) is 29.6 Å². The summed E-state index contributed by atoms with van der Waals surface area (Å²) in [5.74, 6) is 5.05. The summed E-state index contributed by atoms with van der Waals surface area (Å²) < 4.78 is 0. The fourth-order valence-corrected chi connectivity index (χ4v) is 4.92. The van der Waals surface area contributed by atoms with Crippen molar-refractivity contribution in [3.05, 3.63) is 0 Å². The molecule has 0 radical (unpaired) electrons. The van der Waals surface area contributed by atoms with Crippen LogP contribution in [0.5, 0.6) is 0 Å². The second-order valence-corrected chi connectivity index (χ2v) is 6.53. The van der Waals surface area contributed by atoms with Gasteiger partial charge in [0.15, 0.2) is 0 Å². The van der Waals surface area contributed by atoms with E-state index < -0.39 is 0 Å². The largest absolute Gasteiger partial charge is 0.299 e. The first-order valence-electron chi connectivity index (χ1n) is 6.34. The molecule has 84 valence electrons. The lowest BCUT2D eigenvalue weighted by atomic mass is 9.51. The quantitative estimate of drug-likeness (QED) is 0.719. The molecule has 0 aromatic rings. The zero-order chi connectivity index (χ0) is 10.4. The lowest BCUT2D eigenvalue weighted by Gasteiger charge is -2.54. The molecule has 4 fully saturated rings. The average Bonchev–Trinajstić information content (AvgIpc) is 2.22.